The van der Waals surface area contributed by atoms with Crippen molar-refractivity contribution < 1.29 is 0 Å². The number of nitrogens with one attached hydrogen (secondary N) is 1. The van der Waals surface area contributed by atoms with E-state index in [4.69, 9.17) is 0 Å². The number of rotatable bonds is 3. The molecule has 0 aliphatic carbocycles. The van der Waals surface area contributed by atoms with Crippen LogP contribution in [0, 0.1) is 6.92 Å². The molecule has 0 aromatic heterocycles. The molecule has 0 bridgehead atoms. The summed E-state index contributed by atoms with van der Waals surface area (Å²) in [6.07, 6.45) is 2.02. The van der Waals surface area contributed by atoms with E-state index in [0.717, 1.165) is 16.9 Å². The van der Waals surface area contributed by atoms with Crippen molar-refractivity contribution in [2.45, 2.75) is 33.1 Å². The van der Waals surface area contributed by atoms with Gasteiger partial charge in [0.15, 0.2) is 0 Å². The molecule has 0 heterocycles. The number of benzene rings is 1. The zero-order valence-corrected chi connectivity index (χ0v) is 11.5. The third-order valence-electron chi connectivity index (χ3n) is 2.63. The third kappa shape index (κ3) is 2.79. The van der Waals surface area contributed by atoms with E-state index < -0.39 is 0 Å². The number of hydrogen-bond acceptors (Lipinski definition) is 3. The molecule has 0 saturated heterocycles. The van der Waals surface area contributed by atoms with Crippen LogP contribution in [0.3, 0.4) is 0 Å². The quantitative estimate of drug-likeness (QED) is 0.624. The third-order valence-corrected chi connectivity index (χ3v) is 3.05. The number of aliphatic imine (C=N–C) groups is 1. The maximum Gasteiger partial charge on any atom is 0.0675 e. The van der Waals surface area contributed by atoms with Gasteiger partial charge in [-0.25, -0.2) is 0 Å². The average Bonchev–Trinajstić information content (AvgIpc) is 2.19. The highest BCUT2D eigenvalue weighted by Crippen LogP contribution is 2.34. The van der Waals surface area contributed by atoms with Gasteiger partial charge < -0.3 is 4.72 Å². The minimum atomic E-state index is 0.127. The molecule has 1 aromatic carbocycles. The Morgan fingerprint density at radius 1 is 1.31 bits per heavy atom. The fraction of sp³-hybridized carbons (Fsp3) is 0.462. The Morgan fingerprint density at radius 2 is 1.94 bits per heavy atom. The Hall–Kier alpha value is -0.960. The van der Waals surface area contributed by atoms with Gasteiger partial charge in [-0.2, -0.15) is 0 Å². The first-order valence-corrected chi connectivity index (χ1v) is 6.53. The maximum absolute atomic E-state index is 4.09. The topological polar surface area (TPSA) is 24.4 Å². The lowest BCUT2D eigenvalue weighted by atomic mass is 9.86. The Morgan fingerprint density at radius 3 is 2.38 bits per heavy atom. The lowest BCUT2D eigenvalue weighted by Crippen LogP contribution is -2.11. The van der Waals surface area contributed by atoms with Crippen LogP contribution < -0.4 is 4.72 Å². The second-order valence-electron chi connectivity index (χ2n) is 4.88. The van der Waals surface area contributed by atoms with Gasteiger partial charge in [0.2, 0.25) is 0 Å². The normalized spacial score (nSPS) is 11.3. The predicted molar refractivity (Wildman–Crippen MR) is 76.2 cm³/mol. The van der Waals surface area contributed by atoms with Crippen LogP contribution in [0.5, 0.6) is 0 Å². The van der Waals surface area contributed by atoms with Gasteiger partial charge in [0, 0.05) is 11.9 Å². The number of nitrogens with zero attached hydrogens (tertiary/aromatic N) is 1. The fourth-order valence-corrected chi connectivity index (χ4v) is 1.94. The molecular formula is C13H20N2S. The first-order chi connectivity index (χ1) is 7.40. The van der Waals surface area contributed by atoms with Gasteiger partial charge in [-0.1, -0.05) is 32.7 Å². The van der Waals surface area contributed by atoms with Gasteiger partial charge in [-0.3, -0.25) is 4.99 Å². The van der Waals surface area contributed by atoms with E-state index in [1.165, 1.54) is 5.56 Å². The van der Waals surface area contributed by atoms with Crippen molar-refractivity contribution in [3.63, 3.8) is 0 Å². The van der Waals surface area contributed by atoms with E-state index >= 15 is 0 Å². The molecular weight excluding hydrogens is 216 g/mol. The molecule has 16 heavy (non-hydrogen) atoms. The van der Waals surface area contributed by atoms with Crippen LogP contribution in [0.2, 0.25) is 0 Å². The van der Waals surface area contributed by atoms with Crippen molar-refractivity contribution in [3.8, 4) is 0 Å². The molecule has 1 N–H and O–H groups in total. The Balaban J connectivity index is 3.34. The van der Waals surface area contributed by atoms with E-state index in [1.807, 2.05) is 6.26 Å². The highest BCUT2D eigenvalue weighted by molar-refractivity contribution is 7.99. The van der Waals surface area contributed by atoms with Gasteiger partial charge in [-0.05, 0) is 42.3 Å². The summed E-state index contributed by atoms with van der Waals surface area (Å²) in [5.74, 6) is 0. The molecule has 1 aromatic rings. The van der Waals surface area contributed by atoms with Crippen molar-refractivity contribution in [1.82, 2.24) is 0 Å². The Labute approximate surface area is 103 Å². The molecule has 88 valence electrons. The minimum Gasteiger partial charge on any atom is -0.330 e. The molecule has 1 rings (SSSR count). The second kappa shape index (κ2) is 4.91. The van der Waals surface area contributed by atoms with Crippen molar-refractivity contribution in [2.75, 3.05) is 11.0 Å². The molecule has 0 aliphatic heterocycles. The van der Waals surface area contributed by atoms with E-state index in [-0.39, 0.29) is 5.41 Å². The Bertz CT molecular complexity index is 392. The standard InChI is InChI=1S/C13H20N2S/c1-9-11(14-5)7-10(13(2,3)4)8-12(9)15-16-6/h7-8,15H,5H2,1-4,6H3. The van der Waals surface area contributed by atoms with Crippen LogP contribution in [0.1, 0.15) is 31.9 Å². The van der Waals surface area contributed by atoms with E-state index in [0.29, 0.717) is 0 Å². The van der Waals surface area contributed by atoms with Gasteiger partial charge in [0.1, 0.15) is 0 Å². The van der Waals surface area contributed by atoms with Crippen LogP contribution in [-0.4, -0.2) is 13.0 Å². The molecule has 0 amide bonds. The zero-order chi connectivity index (χ0) is 12.3. The molecule has 0 spiro atoms. The molecule has 3 heteroatoms. The Kier molecular flexibility index (Phi) is 4.03. The number of anilines is 1. The lowest BCUT2D eigenvalue weighted by molar-refractivity contribution is 0.590. The SMILES string of the molecule is C=Nc1cc(C(C)(C)C)cc(NSC)c1C. The van der Waals surface area contributed by atoms with Crippen LogP contribution in [0.15, 0.2) is 17.1 Å². The first-order valence-electron chi connectivity index (χ1n) is 5.31. The fourth-order valence-electron chi connectivity index (χ4n) is 1.51. The van der Waals surface area contributed by atoms with Crippen LogP contribution >= 0.6 is 11.9 Å². The molecule has 0 unspecified atom stereocenters. The second-order valence-corrected chi connectivity index (χ2v) is 5.49. The summed E-state index contributed by atoms with van der Waals surface area (Å²) in [6, 6.07) is 4.31. The minimum absolute atomic E-state index is 0.127. The van der Waals surface area contributed by atoms with Crippen molar-refractivity contribution >= 4 is 30.0 Å². The predicted octanol–water partition coefficient (Wildman–Crippen LogP) is 4.31. The monoisotopic (exact) mass is 236 g/mol. The summed E-state index contributed by atoms with van der Waals surface area (Å²) in [6.45, 7) is 12.3. The summed E-state index contributed by atoms with van der Waals surface area (Å²) < 4.78 is 3.29. The average molecular weight is 236 g/mol. The van der Waals surface area contributed by atoms with Crippen molar-refractivity contribution in [2.24, 2.45) is 4.99 Å². The van der Waals surface area contributed by atoms with Crippen LogP contribution in [-0.2, 0) is 5.41 Å². The van der Waals surface area contributed by atoms with E-state index in [1.54, 1.807) is 11.9 Å². The maximum atomic E-state index is 4.09. The molecule has 2 nitrogen and oxygen atoms in total. The van der Waals surface area contributed by atoms with Crippen molar-refractivity contribution in [1.29, 1.82) is 0 Å². The smallest absolute Gasteiger partial charge is 0.0675 e. The molecule has 0 aliphatic rings. The summed E-state index contributed by atoms with van der Waals surface area (Å²) in [5.41, 5.74) is 4.64. The van der Waals surface area contributed by atoms with Gasteiger partial charge in [-0.15, -0.1) is 0 Å². The van der Waals surface area contributed by atoms with Crippen molar-refractivity contribution in [3.05, 3.63) is 23.3 Å². The lowest BCUT2D eigenvalue weighted by Gasteiger charge is -2.22. The summed E-state index contributed by atoms with van der Waals surface area (Å²) in [4.78, 5) is 4.09. The molecule has 0 atom stereocenters. The summed E-state index contributed by atoms with van der Waals surface area (Å²) >= 11 is 1.60. The van der Waals surface area contributed by atoms with Gasteiger partial charge >= 0.3 is 0 Å². The zero-order valence-electron chi connectivity index (χ0n) is 10.7. The highest BCUT2D eigenvalue weighted by Gasteiger charge is 2.16. The molecule has 0 saturated carbocycles. The van der Waals surface area contributed by atoms with E-state index in [2.05, 4.69) is 56.3 Å². The number of hydrogen-bond donors (Lipinski definition) is 1. The first kappa shape index (κ1) is 13.1. The summed E-state index contributed by atoms with van der Waals surface area (Å²) in [5, 5.41) is 0. The molecule has 0 fully saturated rings. The van der Waals surface area contributed by atoms with E-state index in [9.17, 15) is 0 Å². The van der Waals surface area contributed by atoms with Crippen LogP contribution in [0.4, 0.5) is 11.4 Å². The highest BCUT2D eigenvalue weighted by atomic mass is 32.2. The summed E-state index contributed by atoms with van der Waals surface area (Å²) in [7, 11) is 0. The largest absolute Gasteiger partial charge is 0.330 e. The van der Waals surface area contributed by atoms with Gasteiger partial charge in [0.25, 0.3) is 0 Å². The molecule has 0 radical (unpaired) electrons. The van der Waals surface area contributed by atoms with Crippen LogP contribution in [0.25, 0.3) is 0 Å². The van der Waals surface area contributed by atoms with Gasteiger partial charge in [0.05, 0.1) is 5.69 Å².